The molecule has 134 valence electrons. The monoisotopic (exact) mass is 371 g/mol. The van der Waals surface area contributed by atoms with Gasteiger partial charge < -0.3 is 15.0 Å². The Labute approximate surface area is 154 Å². The predicted octanol–water partition coefficient (Wildman–Crippen LogP) is 3.29. The molecule has 0 bridgehead atoms. The van der Waals surface area contributed by atoms with Gasteiger partial charge in [0.1, 0.15) is 5.82 Å². The third-order valence-electron chi connectivity index (χ3n) is 3.61. The van der Waals surface area contributed by atoms with E-state index in [1.54, 1.807) is 18.3 Å². The van der Waals surface area contributed by atoms with Gasteiger partial charge in [-0.3, -0.25) is 4.79 Å². The molecule has 0 saturated heterocycles. The zero-order valence-corrected chi connectivity index (χ0v) is 14.7. The predicted molar refractivity (Wildman–Crippen MR) is 99.4 cm³/mol. The van der Waals surface area contributed by atoms with Crippen molar-refractivity contribution in [3.63, 3.8) is 0 Å². The summed E-state index contributed by atoms with van der Waals surface area (Å²) in [5, 5.41) is 12.8. The molecule has 5 nitrogen and oxygen atoms in total. The van der Waals surface area contributed by atoms with Crippen LogP contribution in [0.5, 0.6) is 0 Å². The highest BCUT2D eigenvalue weighted by atomic mass is 32.2. The molecule has 0 atom stereocenters. The number of aliphatic hydroxyl groups is 1. The quantitative estimate of drug-likeness (QED) is 0.626. The molecule has 0 aliphatic carbocycles. The average Bonchev–Trinajstić information content (AvgIpc) is 3.05. The second-order valence-electron chi connectivity index (χ2n) is 5.63. The molecule has 0 aliphatic rings. The van der Waals surface area contributed by atoms with Gasteiger partial charge in [-0.2, -0.15) is 0 Å². The van der Waals surface area contributed by atoms with Gasteiger partial charge in [0.15, 0.2) is 5.16 Å². The van der Waals surface area contributed by atoms with E-state index >= 15 is 0 Å². The molecule has 1 heterocycles. The topological polar surface area (TPSA) is 67.1 Å². The number of halogens is 1. The van der Waals surface area contributed by atoms with Crippen LogP contribution in [0.15, 0.2) is 66.0 Å². The third kappa shape index (κ3) is 4.93. The van der Waals surface area contributed by atoms with Crippen LogP contribution in [0.4, 0.5) is 10.1 Å². The molecule has 0 fully saturated rings. The van der Waals surface area contributed by atoms with Gasteiger partial charge in [-0.15, -0.1) is 0 Å². The van der Waals surface area contributed by atoms with E-state index in [1.165, 1.54) is 23.9 Å². The molecule has 0 unspecified atom stereocenters. The molecule has 3 rings (SSSR count). The number of imidazole rings is 1. The van der Waals surface area contributed by atoms with Crippen LogP contribution < -0.4 is 5.32 Å². The Morgan fingerprint density at radius 1 is 1.15 bits per heavy atom. The molecule has 7 heteroatoms. The van der Waals surface area contributed by atoms with Crippen LogP contribution in [0.2, 0.25) is 0 Å². The van der Waals surface area contributed by atoms with Gasteiger partial charge in [0.25, 0.3) is 0 Å². The van der Waals surface area contributed by atoms with Gasteiger partial charge in [0.2, 0.25) is 5.91 Å². The number of aliphatic hydroxyl groups excluding tert-OH is 1. The Kier molecular flexibility index (Phi) is 6.04. The second kappa shape index (κ2) is 8.64. The summed E-state index contributed by atoms with van der Waals surface area (Å²) in [7, 11) is 0. The van der Waals surface area contributed by atoms with E-state index in [0.717, 1.165) is 11.3 Å². The van der Waals surface area contributed by atoms with Crippen LogP contribution in [0.3, 0.4) is 0 Å². The summed E-state index contributed by atoms with van der Waals surface area (Å²) in [5.41, 5.74) is 2.17. The first-order valence-corrected chi connectivity index (χ1v) is 9.01. The van der Waals surface area contributed by atoms with E-state index in [2.05, 4.69) is 10.3 Å². The normalized spacial score (nSPS) is 10.7. The molecule has 1 amide bonds. The lowest BCUT2D eigenvalue weighted by Gasteiger charge is -2.08. The fourth-order valence-corrected chi connectivity index (χ4v) is 3.19. The summed E-state index contributed by atoms with van der Waals surface area (Å²) in [6.07, 6.45) is 1.74. The maximum atomic E-state index is 13.1. The molecule has 26 heavy (non-hydrogen) atoms. The van der Waals surface area contributed by atoms with Crippen molar-refractivity contribution < 1.29 is 14.3 Å². The molecule has 2 N–H and O–H groups in total. The first-order valence-electron chi connectivity index (χ1n) is 8.03. The summed E-state index contributed by atoms with van der Waals surface area (Å²) in [5.74, 6) is -0.231. The number of anilines is 1. The van der Waals surface area contributed by atoms with Crippen LogP contribution in [0.25, 0.3) is 0 Å². The largest absolute Gasteiger partial charge is 0.390 e. The third-order valence-corrected chi connectivity index (χ3v) is 4.60. The summed E-state index contributed by atoms with van der Waals surface area (Å²) in [6, 6.07) is 15.4. The van der Waals surface area contributed by atoms with Crippen LogP contribution in [-0.4, -0.2) is 26.3 Å². The summed E-state index contributed by atoms with van der Waals surface area (Å²) in [4.78, 5) is 16.5. The molecular formula is C19H18FN3O2S. The minimum atomic E-state index is -0.289. The minimum Gasteiger partial charge on any atom is -0.390 e. The van der Waals surface area contributed by atoms with Crippen LogP contribution in [0.1, 0.15) is 11.3 Å². The molecule has 3 aromatic rings. The number of carbonyl (C=O) groups excluding carboxylic acids is 1. The SMILES string of the molecule is O=C(CSc1nc(CO)cn1Cc1ccc(F)cc1)Nc1ccccc1. The molecular weight excluding hydrogens is 353 g/mol. The molecule has 0 saturated carbocycles. The number of hydrogen-bond acceptors (Lipinski definition) is 4. The Morgan fingerprint density at radius 3 is 2.58 bits per heavy atom. The first-order chi connectivity index (χ1) is 12.6. The summed E-state index contributed by atoms with van der Waals surface area (Å²) in [6.45, 7) is 0.302. The highest BCUT2D eigenvalue weighted by Crippen LogP contribution is 2.20. The number of nitrogens with one attached hydrogen (secondary N) is 1. The number of nitrogens with zero attached hydrogens (tertiary/aromatic N) is 2. The van der Waals surface area contributed by atoms with E-state index in [4.69, 9.17) is 0 Å². The fourth-order valence-electron chi connectivity index (χ4n) is 2.39. The number of amides is 1. The highest BCUT2D eigenvalue weighted by molar-refractivity contribution is 7.99. The summed E-state index contributed by atoms with van der Waals surface area (Å²) < 4.78 is 14.9. The zero-order chi connectivity index (χ0) is 18.4. The fraction of sp³-hybridized carbons (Fsp3) is 0.158. The number of hydrogen-bond donors (Lipinski definition) is 2. The number of benzene rings is 2. The maximum Gasteiger partial charge on any atom is 0.234 e. The summed E-state index contributed by atoms with van der Waals surface area (Å²) >= 11 is 1.29. The highest BCUT2D eigenvalue weighted by Gasteiger charge is 2.11. The number of aromatic nitrogens is 2. The average molecular weight is 371 g/mol. The number of para-hydroxylation sites is 1. The van der Waals surface area contributed by atoms with Crippen molar-refractivity contribution in [2.45, 2.75) is 18.3 Å². The minimum absolute atomic E-state index is 0.136. The van der Waals surface area contributed by atoms with Gasteiger partial charge in [-0.05, 0) is 29.8 Å². The molecule has 0 radical (unpaired) electrons. The van der Waals surface area contributed by atoms with Crippen molar-refractivity contribution in [3.8, 4) is 0 Å². The van der Waals surface area contributed by atoms with E-state index in [0.29, 0.717) is 17.4 Å². The maximum absolute atomic E-state index is 13.1. The van der Waals surface area contributed by atoms with Crippen LogP contribution >= 0.6 is 11.8 Å². The van der Waals surface area contributed by atoms with Gasteiger partial charge in [0, 0.05) is 18.4 Å². The standard InChI is InChI=1S/C19H18FN3O2S/c20-15-8-6-14(7-9-15)10-23-11-17(12-24)22-19(23)26-13-18(25)21-16-4-2-1-3-5-16/h1-9,11,24H,10,12-13H2,(H,21,25). The van der Waals surface area contributed by atoms with Crippen molar-refractivity contribution in [1.82, 2.24) is 9.55 Å². The van der Waals surface area contributed by atoms with E-state index in [-0.39, 0.29) is 24.1 Å². The van der Waals surface area contributed by atoms with Crippen molar-refractivity contribution in [2.24, 2.45) is 0 Å². The molecule has 2 aromatic carbocycles. The van der Waals surface area contributed by atoms with Gasteiger partial charge >= 0.3 is 0 Å². The van der Waals surface area contributed by atoms with Gasteiger partial charge in [-0.1, -0.05) is 42.1 Å². The second-order valence-corrected chi connectivity index (χ2v) is 6.57. The van der Waals surface area contributed by atoms with Crippen LogP contribution in [0, 0.1) is 5.82 Å². The van der Waals surface area contributed by atoms with Gasteiger partial charge in [0.05, 0.1) is 18.1 Å². The number of rotatable bonds is 7. The molecule has 0 aliphatic heterocycles. The zero-order valence-electron chi connectivity index (χ0n) is 13.9. The smallest absolute Gasteiger partial charge is 0.234 e. The van der Waals surface area contributed by atoms with Crippen LogP contribution in [-0.2, 0) is 17.9 Å². The Balaban J connectivity index is 1.66. The Hall–Kier alpha value is -2.64. The Morgan fingerprint density at radius 2 is 1.88 bits per heavy atom. The van der Waals surface area contributed by atoms with Gasteiger partial charge in [-0.25, -0.2) is 9.37 Å². The van der Waals surface area contributed by atoms with Crippen molar-refractivity contribution in [2.75, 3.05) is 11.1 Å². The van der Waals surface area contributed by atoms with E-state index < -0.39 is 0 Å². The lowest BCUT2D eigenvalue weighted by atomic mass is 10.2. The van der Waals surface area contributed by atoms with Crippen molar-refractivity contribution in [1.29, 1.82) is 0 Å². The number of carbonyl (C=O) groups is 1. The molecule has 1 aromatic heterocycles. The Bertz CT molecular complexity index is 866. The first kappa shape index (κ1) is 18.2. The van der Waals surface area contributed by atoms with E-state index in [9.17, 15) is 14.3 Å². The molecule has 0 spiro atoms. The van der Waals surface area contributed by atoms with Crippen molar-refractivity contribution >= 4 is 23.4 Å². The lowest BCUT2D eigenvalue weighted by Crippen LogP contribution is -2.14. The number of thioether (sulfide) groups is 1. The van der Waals surface area contributed by atoms with E-state index in [1.807, 2.05) is 34.9 Å². The van der Waals surface area contributed by atoms with Crippen molar-refractivity contribution in [3.05, 3.63) is 77.9 Å². The lowest BCUT2D eigenvalue weighted by molar-refractivity contribution is -0.113.